The molecule has 10 heteroatoms. The van der Waals surface area contributed by atoms with Gasteiger partial charge in [0.15, 0.2) is 6.61 Å². The van der Waals surface area contributed by atoms with E-state index in [4.69, 9.17) is 19.0 Å². The van der Waals surface area contributed by atoms with Crippen molar-refractivity contribution in [1.82, 2.24) is 10.6 Å². The van der Waals surface area contributed by atoms with Crippen molar-refractivity contribution in [2.45, 2.75) is 19.9 Å². The van der Waals surface area contributed by atoms with Crippen LogP contribution in [0, 0.1) is 5.92 Å². The Labute approximate surface area is 200 Å². The second-order valence-corrected chi connectivity index (χ2v) is 8.06. The summed E-state index contributed by atoms with van der Waals surface area (Å²) < 4.78 is 15.9. The van der Waals surface area contributed by atoms with Crippen LogP contribution in [-0.2, 0) is 14.4 Å². The molecule has 0 unspecified atom stereocenters. The van der Waals surface area contributed by atoms with Gasteiger partial charge in [-0.05, 0) is 41.3 Å². The number of carbonyl (C=O) groups excluding carboxylic acids is 2. The summed E-state index contributed by atoms with van der Waals surface area (Å²) in [7, 11) is 1.57. The van der Waals surface area contributed by atoms with E-state index in [9.17, 15) is 19.2 Å². The first-order chi connectivity index (χ1) is 16.7. The third-order valence-electron chi connectivity index (χ3n) is 5.18. The van der Waals surface area contributed by atoms with Crippen molar-refractivity contribution in [3.8, 4) is 22.6 Å². The van der Waals surface area contributed by atoms with Crippen LogP contribution < -0.4 is 25.7 Å². The summed E-state index contributed by atoms with van der Waals surface area (Å²) in [4.78, 5) is 47.3. The quantitative estimate of drug-likeness (QED) is 0.373. The fourth-order valence-electron chi connectivity index (χ4n) is 3.36. The first-order valence-corrected chi connectivity index (χ1v) is 10.8. The SMILES string of the molecule is COc1ccc(-c2cc(=O)oc3cc(OCC(=O)NCC(=O)N[C@H](C(=O)O)C(C)C)ccc23)cc1. The molecule has 3 N–H and O–H groups in total. The van der Waals surface area contributed by atoms with E-state index in [0.29, 0.717) is 16.7 Å². The standard InChI is InChI=1S/C25H26N2O8/c1-14(2)24(25(31)32)27-21(28)12-26-22(29)13-34-17-8-9-18-19(11-23(30)35-20(18)10-17)15-4-6-16(33-3)7-5-15/h4-11,14,24H,12-13H2,1-3H3,(H,26,29)(H,27,28)(H,31,32)/t24-/m0/s1. The number of ether oxygens (including phenoxy) is 2. The molecule has 2 amide bonds. The van der Waals surface area contributed by atoms with E-state index in [2.05, 4.69) is 10.6 Å². The molecule has 1 aromatic heterocycles. The molecular weight excluding hydrogens is 456 g/mol. The summed E-state index contributed by atoms with van der Waals surface area (Å²) in [5.74, 6) is -1.69. The van der Waals surface area contributed by atoms with E-state index < -0.39 is 42.6 Å². The maximum Gasteiger partial charge on any atom is 0.336 e. The van der Waals surface area contributed by atoms with Crippen LogP contribution in [0.3, 0.4) is 0 Å². The molecule has 0 aliphatic rings. The minimum atomic E-state index is -1.15. The Kier molecular flexibility index (Phi) is 8.08. The van der Waals surface area contributed by atoms with Gasteiger partial charge >= 0.3 is 11.6 Å². The Morgan fingerprint density at radius 1 is 1.00 bits per heavy atom. The monoisotopic (exact) mass is 482 g/mol. The summed E-state index contributed by atoms with van der Waals surface area (Å²) in [6.45, 7) is 2.54. The number of benzene rings is 2. The van der Waals surface area contributed by atoms with Gasteiger partial charge in [0.25, 0.3) is 5.91 Å². The molecule has 0 saturated carbocycles. The summed E-state index contributed by atoms with van der Waals surface area (Å²) in [6.07, 6.45) is 0. The second kappa shape index (κ2) is 11.2. The number of nitrogens with one attached hydrogen (secondary N) is 2. The number of carboxylic acids is 1. The normalized spacial score (nSPS) is 11.7. The molecule has 1 atom stereocenters. The molecule has 2 aromatic carbocycles. The van der Waals surface area contributed by atoms with Crippen LogP contribution in [0.1, 0.15) is 13.8 Å². The molecule has 0 aliphatic heterocycles. The first-order valence-electron chi connectivity index (χ1n) is 10.8. The van der Waals surface area contributed by atoms with E-state index >= 15 is 0 Å². The minimum Gasteiger partial charge on any atom is -0.497 e. The van der Waals surface area contributed by atoms with Crippen molar-refractivity contribution >= 4 is 28.8 Å². The van der Waals surface area contributed by atoms with Gasteiger partial charge in [-0.15, -0.1) is 0 Å². The van der Waals surface area contributed by atoms with E-state index in [1.807, 2.05) is 12.1 Å². The molecule has 1 heterocycles. The van der Waals surface area contributed by atoms with Crippen LogP contribution in [0.25, 0.3) is 22.1 Å². The summed E-state index contributed by atoms with van der Waals surface area (Å²) >= 11 is 0. The fraction of sp³-hybridized carbons (Fsp3) is 0.280. The second-order valence-electron chi connectivity index (χ2n) is 8.06. The third-order valence-corrected chi connectivity index (χ3v) is 5.18. The molecule has 3 rings (SSSR count). The van der Waals surface area contributed by atoms with Gasteiger partial charge in [-0.25, -0.2) is 9.59 Å². The molecule has 35 heavy (non-hydrogen) atoms. The lowest BCUT2D eigenvalue weighted by Gasteiger charge is -2.18. The molecule has 0 saturated heterocycles. The van der Waals surface area contributed by atoms with Crippen LogP contribution in [-0.4, -0.2) is 49.2 Å². The number of rotatable bonds is 10. The van der Waals surface area contributed by atoms with Crippen molar-refractivity contribution in [2.24, 2.45) is 5.92 Å². The van der Waals surface area contributed by atoms with Gasteiger partial charge in [-0.1, -0.05) is 26.0 Å². The number of carboxylic acid groups (broad SMARTS) is 1. The number of hydrogen-bond acceptors (Lipinski definition) is 7. The smallest absolute Gasteiger partial charge is 0.336 e. The number of fused-ring (bicyclic) bond motifs is 1. The lowest BCUT2D eigenvalue weighted by atomic mass is 10.0. The van der Waals surface area contributed by atoms with Crippen molar-refractivity contribution in [3.05, 3.63) is 59.0 Å². The highest BCUT2D eigenvalue weighted by molar-refractivity contribution is 5.94. The number of amides is 2. The van der Waals surface area contributed by atoms with E-state index in [-0.39, 0.29) is 17.3 Å². The maximum atomic E-state index is 12.1. The van der Waals surface area contributed by atoms with Crippen molar-refractivity contribution in [2.75, 3.05) is 20.3 Å². The van der Waals surface area contributed by atoms with Crippen LogP contribution in [0.5, 0.6) is 11.5 Å². The van der Waals surface area contributed by atoms with E-state index in [1.165, 1.54) is 12.1 Å². The number of aliphatic carboxylic acids is 1. The molecule has 184 valence electrons. The van der Waals surface area contributed by atoms with Crippen LogP contribution in [0.4, 0.5) is 0 Å². The fourth-order valence-corrected chi connectivity index (χ4v) is 3.36. The largest absolute Gasteiger partial charge is 0.497 e. The number of hydrogen-bond donors (Lipinski definition) is 3. The summed E-state index contributed by atoms with van der Waals surface area (Å²) in [5.41, 5.74) is 1.23. The first kappa shape index (κ1) is 25.3. The van der Waals surface area contributed by atoms with Gasteiger partial charge in [0.2, 0.25) is 5.91 Å². The molecule has 0 aliphatic carbocycles. The molecule has 3 aromatic rings. The topological polar surface area (TPSA) is 144 Å². The molecule has 0 fully saturated rings. The molecule has 0 spiro atoms. The highest BCUT2D eigenvalue weighted by Gasteiger charge is 2.23. The zero-order chi connectivity index (χ0) is 25.5. The summed E-state index contributed by atoms with van der Waals surface area (Å²) in [5, 5.41) is 14.5. The summed E-state index contributed by atoms with van der Waals surface area (Å²) in [6, 6.07) is 12.4. The van der Waals surface area contributed by atoms with Gasteiger partial charge in [0.05, 0.1) is 13.7 Å². The number of carbonyl (C=O) groups is 3. The van der Waals surface area contributed by atoms with E-state index in [1.54, 1.807) is 45.2 Å². The third kappa shape index (κ3) is 6.59. The number of methoxy groups -OCH3 is 1. The highest BCUT2D eigenvalue weighted by Crippen LogP contribution is 2.30. The van der Waals surface area contributed by atoms with Gasteiger partial charge in [0.1, 0.15) is 23.1 Å². The molecule has 0 bridgehead atoms. The van der Waals surface area contributed by atoms with Crippen LogP contribution >= 0.6 is 0 Å². The Morgan fingerprint density at radius 2 is 1.69 bits per heavy atom. The lowest BCUT2D eigenvalue weighted by Crippen LogP contribution is -2.48. The average molecular weight is 482 g/mol. The molecule has 10 nitrogen and oxygen atoms in total. The van der Waals surface area contributed by atoms with Crippen molar-refractivity contribution in [1.29, 1.82) is 0 Å². The predicted molar refractivity (Wildman–Crippen MR) is 127 cm³/mol. The van der Waals surface area contributed by atoms with Gasteiger partial charge in [-0.2, -0.15) is 0 Å². The average Bonchev–Trinajstić information content (AvgIpc) is 2.83. The lowest BCUT2D eigenvalue weighted by molar-refractivity contribution is -0.143. The Morgan fingerprint density at radius 3 is 2.31 bits per heavy atom. The van der Waals surface area contributed by atoms with Crippen molar-refractivity contribution in [3.63, 3.8) is 0 Å². The van der Waals surface area contributed by atoms with Crippen molar-refractivity contribution < 1.29 is 33.4 Å². The Balaban J connectivity index is 1.64. The predicted octanol–water partition coefficient (Wildman–Crippen LogP) is 2.19. The Hall–Kier alpha value is -4.34. The maximum absolute atomic E-state index is 12.1. The van der Waals surface area contributed by atoms with Gasteiger partial charge in [-0.3, -0.25) is 9.59 Å². The van der Waals surface area contributed by atoms with Crippen LogP contribution in [0.2, 0.25) is 0 Å². The zero-order valence-electron chi connectivity index (χ0n) is 19.5. The zero-order valence-corrected chi connectivity index (χ0v) is 19.5. The Bertz CT molecular complexity index is 1280. The highest BCUT2D eigenvalue weighted by atomic mass is 16.5. The minimum absolute atomic E-state index is 0.286. The van der Waals surface area contributed by atoms with Gasteiger partial charge < -0.3 is 29.6 Å². The molecule has 0 radical (unpaired) electrons. The van der Waals surface area contributed by atoms with Crippen LogP contribution in [0.15, 0.2) is 57.7 Å². The molecular formula is C25H26N2O8. The van der Waals surface area contributed by atoms with E-state index in [0.717, 1.165) is 5.56 Å². The van der Waals surface area contributed by atoms with Gasteiger partial charge in [0, 0.05) is 17.5 Å².